The summed E-state index contributed by atoms with van der Waals surface area (Å²) in [5, 5.41) is 18.7. The Bertz CT molecular complexity index is 1290. The van der Waals surface area contributed by atoms with Gasteiger partial charge in [-0.2, -0.15) is 5.10 Å². The van der Waals surface area contributed by atoms with Crippen LogP contribution in [0.2, 0.25) is 0 Å². The molecule has 0 radical (unpaired) electrons. The summed E-state index contributed by atoms with van der Waals surface area (Å²) in [6, 6.07) is 4.04. The second-order valence-corrected chi connectivity index (χ2v) is 11.6. The van der Waals surface area contributed by atoms with Crippen LogP contribution in [0.3, 0.4) is 0 Å². The Hall–Kier alpha value is -3.30. The maximum absolute atomic E-state index is 13.5. The molecule has 0 unspecified atom stereocenters. The van der Waals surface area contributed by atoms with Gasteiger partial charge in [-0.25, -0.2) is 4.79 Å². The Kier molecular flexibility index (Phi) is 9.58. The fourth-order valence-corrected chi connectivity index (χ4v) is 5.67. The van der Waals surface area contributed by atoms with E-state index in [4.69, 9.17) is 4.74 Å². The minimum Gasteiger partial charge on any atom is -0.442 e. The molecule has 2 aliphatic rings. The molecule has 0 spiro atoms. The molecule has 0 saturated carbocycles. The van der Waals surface area contributed by atoms with Gasteiger partial charge < -0.3 is 19.6 Å². The summed E-state index contributed by atoms with van der Waals surface area (Å²) in [5.41, 5.74) is 3.60. The van der Waals surface area contributed by atoms with Crippen LogP contribution in [0.4, 0.5) is 4.79 Å². The van der Waals surface area contributed by atoms with Crippen molar-refractivity contribution < 1.29 is 24.2 Å². The highest BCUT2D eigenvalue weighted by Crippen LogP contribution is 2.30. The molecule has 2 N–H and O–H groups in total. The number of fused-ring (bicyclic) bond motifs is 1. The van der Waals surface area contributed by atoms with E-state index in [1.54, 1.807) is 11.1 Å². The number of nitrogens with one attached hydrogen (secondary N) is 1. The highest BCUT2D eigenvalue weighted by atomic mass is 16.6. The summed E-state index contributed by atoms with van der Waals surface area (Å²) < 4.78 is 5.98. The van der Waals surface area contributed by atoms with Crippen LogP contribution < -0.4 is 0 Å². The van der Waals surface area contributed by atoms with Gasteiger partial charge in [0.25, 0.3) is 0 Å². The number of H-pyrrole nitrogens is 1. The Labute approximate surface area is 236 Å². The molecule has 40 heavy (non-hydrogen) atoms. The number of ether oxygens (including phenoxy) is 1. The molecule has 9 nitrogen and oxygen atoms in total. The monoisotopic (exact) mass is 550 g/mol. The third-order valence-electron chi connectivity index (χ3n) is 8.23. The Morgan fingerprint density at radius 2 is 1.85 bits per heavy atom. The van der Waals surface area contributed by atoms with Crippen molar-refractivity contribution >= 4 is 34.6 Å². The van der Waals surface area contributed by atoms with E-state index in [0.29, 0.717) is 25.9 Å². The number of allylic oxidation sites excluding steroid dienone is 2. The average Bonchev–Trinajstić information content (AvgIpc) is 3.38. The van der Waals surface area contributed by atoms with E-state index in [9.17, 15) is 19.5 Å². The molecule has 1 aromatic carbocycles. The molecule has 2 aromatic rings. The zero-order valence-electron chi connectivity index (χ0n) is 24.2. The normalized spacial score (nSPS) is 28.7. The first-order chi connectivity index (χ1) is 19.0. The maximum Gasteiger partial charge on any atom is 0.410 e. The molecule has 1 aliphatic heterocycles. The molecular weight excluding hydrogens is 508 g/mol. The van der Waals surface area contributed by atoms with Crippen molar-refractivity contribution in [3.63, 3.8) is 0 Å². The largest absolute Gasteiger partial charge is 0.442 e. The van der Waals surface area contributed by atoms with E-state index >= 15 is 0 Å². The number of nitrogens with zero attached hydrogens (tertiary/aromatic N) is 3. The lowest BCUT2D eigenvalue weighted by Gasteiger charge is -2.33. The molecular formula is C31H42N4O5. The Morgan fingerprint density at radius 1 is 1.12 bits per heavy atom. The molecule has 1 fully saturated rings. The highest BCUT2D eigenvalue weighted by Gasteiger charge is 2.33. The summed E-state index contributed by atoms with van der Waals surface area (Å²) in [7, 11) is 2.03. The van der Waals surface area contributed by atoms with E-state index in [1.807, 2.05) is 65.1 Å². The van der Waals surface area contributed by atoms with Crippen LogP contribution >= 0.6 is 0 Å². The number of aromatic amines is 1. The number of aryl methyl sites for hydroxylation is 1. The standard InChI is InChI=1S/C31H42N4O5/c1-19-14-23(25-18-32-33-26(25)15-19)16-22(4)29-21(3)7-9-28(40-31(39)35-12-10-34(5)11-13-35)20(2)6-8-24(36)17-27(37)30(29)38/h7,9,14-16,18,20-21,24,28-29,36H,6,8,10-13,17H2,1-5H3,(H,32,33)/b9-7+,22-16+/t20-,21-,24+,28-,29-/m0/s1. The van der Waals surface area contributed by atoms with Crippen molar-refractivity contribution in [2.45, 2.75) is 59.2 Å². The smallest absolute Gasteiger partial charge is 0.410 e. The van der Waals surface area contributed by atoms with Crippen molar-refractivity contribution in [2.24, 2.45) is 17.8 Å². The molecule has 2 heterocycles. The van der Waals surface area contributed by atoms with Gasteiger partial charge in [-0.15, -0.1) is 0 Å². The second-order valence-electron chi connectivity index (χ2n) is 11.6. The van der Waals surface area contributed by atoms with E-state index < -0.39 is 29.7 Å². The molecule has 1 aliphatic carbocycles. The van der Waals surface area contributed by atoms with Crippen LogP contribution in [-0.2, 0) is 14.3 Å². The number of rotatable bonds is 3. The van der Waals surface area contributed by atoms with Crippen LogP contribution in [-0.4, -0.2) is 88.2 Å². The Balaban J connectivity index is 1.64. The van der Waals surface area contributed by atoms with Crippen molar-refractivity contribution in [2.75, 3.05) is 33.2 Å². The molecule has 1 amide bonds. The van der Waals surface area contributed by atoms with E-state index in [2.05, 4.69) is 15.1 Å². The predicted octanol–water partition coefficient (Wildman–Crippen LogP) is 4.15. The number of aliphatic hydroxyl groups excluding tert-OH is 1. The lowest BCUT2D eigenvalue weighted by atomic mass is 9.79. The average molecular weight is 551 g/mol. The van der Waals surface area contributed by atoms with Crippen LogP contribution in [0.15, 0.2) is 36.1 Å². The minimum atomic E-state index is -0.932. The highest BCUT2D eigenvalue weighted by molar-refractivity contribution is 6.38. The molecule has 5 atom stereocenters. The minimum absolute atomic E-state index is 0.0727. The third kappa shape index (κ3) is 7.06. The first kappa shape index (κ1) is 29.7. The predicted molar refractivity (Wildman–Crippen MR) is 155 cm³/mol. The van der Waals surface area contributed by atoms with Crippen LogP contribution in [0.5, 0.6) is 0 Å². The quantitative estimate of drug-likeness (QED) is 0.436. The summed E-state index contributed by atoms with van der Waals surface area (Å²) in [4.78, 5) is 43.5. The molecule has 0 bridgehead atoms. The summed E-state index contributed by atoms with van der Waals surface area (Å²) in [6.45, 7) is 10.6. The van der Waals surface area contributed by atoms with E-state index in [-0.39, 0.29) is 24.3 Å². The Morgan fingerprint density at radius 3 is 2.58 bits per heavy atom. The molecule has 4 rings (SSSR count). The van der Waals surface area contributed by atoms with Gasteiger partial charge in [0.05, 0.1) is 23.7 Å². The van der Waals surface area contributed by atoms with Crippen LogP contribution in [0.1, 0.15) is 51.2 Å². The summed E-state index contributed by atoms with van der Waals surface area (Å²) in [6.07, 6.45) is 6.34. The SMILES string of the molecule is C/C(=C\c1cc(C)cc2[nH]ncc12)[C@H]1C(=O)C(=O)C[C@H](O)CC[C@H](C)[C@@H](OC(=O)N2CCN(C)CC2)/C=C/[C@@H]1C. The number of hydrogen-bond donors (Lipinski definition) is 2. The van der Waals surface area contributed by atoms with Gasteiger partial charge in [0.1, 0.15) is 6.10 Å². The van der Waals surface area contributed by atoms with Gasteiger partial charge in [-0.1, -0.05) is 37.6 Å². The number of amides is 1. The number of hydrogen-bond acceptors (Lipinski definition) is 7. The number of piperazine rings is 1. The van der Waals surface area contributed by atoms with Crippen molar-refractivity contribution in [1.82, 2.24) is 20.0 Å². The van der Waals surface area contributed by atoms with Gasteiger partial charge in [-0.05, 0) is 68.8 Å². The number of aliphatic hydroxyl groups is 1. The summed E-state index contributed by atoms with van der Waals surface area (Å²) in [5.74, 6) is -2.21. The number of carbonyl (C=O) groups excluding carboxylic acids is 3. The first-order valence-corrected chi connectivity index (χ1v) is 14.2. The fourth-order valence-electron chi connectivity index (χ4n) is 5.67. The number of carbonyl (C=O) groups is 3. The van der Waals surface area contributed by atoms with Gasteiger partial charge >= 0.3 is 6.09 Å². The van der Waals surface area contributed by atoms with Gasteiger partial charge in [0, 0.05) is 38.0 Å². The van der Waals surface area contributed by atoms with Gasteiger partial charge in [0.15, 0.2) is 0 Å². The van der Waals surface area contributed by atoms with Crippen molar-refractivity contribution in [1.29, 1.82) is 0 Å². The molecule has 216 valence electrons. The van der Waals surface area contributed by atoms with Crippen LogP contribution in [0.25, 0.3) is 17.0 Å². The molecule has 9 heteroatoms. The second kappa shape index (κ2) is 12.9. The lowest BCUT2D eigenvalue weighted by Crippen LogP contribution is -2.48. The van der Waals surface area contributed by atoms with Gasteiger partial charge in [0.2, 0.25) is 11.6 Å². The molecule has 1 aromatic heterocycles. The van der Waals surface area contributed by atoms with Gasteiger partial charge in [-0.3, -0.25) is 14.7 Å². The number of aromatic nitrogens is 2. The number of Topliss-reactive ketones (excluding diaryl/α,β-unsaturated/α-hetero) is 2. The number of ketones is 2. The fraction of sp³-hybridized carbons (Fsp3) is 0.548. The third-order valence-corrected chi connectivity index (χ3v) is 8.23. The zero-order valence-corrected chi connectivity index (χ0v) is 24.2. The lowest BCUT2D eigenvalue weighted by molar-refractivity contribution is -0.140. The van der Waals surface area contributed by atoms with E-state index in [1.165, 1.54) is 0 Å². The number of likely N-dealkylation sites (N-methyl/N-ethyl adjacent to an activating group) is 1. The topological polar surface area (TPSA) is 116 Å². The van der Waals surface area contributed by atoms with E-state index in [0.717, 1.165) is 40.7 Å². The van der Waals surface area contributed by atoms with Crippen LogP contribution in [0, 0.1) is 24.7 Å². The van der Waals surface area contributed by atoms with Crippen molar-refractivity contribution in [3.8, 4) is 0 Å². The first-order valence-electron chi connectivity index (χ1n) is 14.2. The molecule has 1 saturated heterocycles. The van der Waals surface area contributed by atoms with Crippen molar-refractivity contribution in [3.05, 3.63) is 47.2 Å². The summed E-state index contributed by atoms with van der Waals surface area (Å²) >= 11 is 0. The maximum atomic E-state index is 13.5. The zero-order chi connectivity index (χ0) is 29.0. The number of benzene rings is 1.